The molecule has 176 valence electrons. The van der Waals surface area contributed by atoms with E-state index in [0.717, 1.165) is 55.4 Å². The quantitative estimate of drug-likeness (QED) is 0.487. The molecule has 1 heterocycles. The molecule has 1 spiro atoms. The molecule has 1 aliphatic carbocycles. The van der Waals surface area contributed by atoms with Gasteiger partial charge in [0.1, 0.15) is 5.75 Å². The van der Waals surface area contributed by atoms with Gasteiger partial charge in [0.05, 0.1) is 28.4 Å². The van der Waals surface area contributed by atoms with Gasteiger partial charge in [0, 0.05) is 6.42 Å². The van der Waals surface area contributed by atoms with Gasteiger partial charge >= 0.3 is 12.3 Å². The first kappa shape index (κ1) is 23.6. The van der Waals surface area contributed by atoms with Gasteiger partial charge in [-0.15, -0.1) is 13.2 Å². The van der Waals surface area contributed by atoms with E-state index in [-0.39, 0.29) is 17.3 Å². The van der Waals surface area contributed by atoms with Crippen LogP contribution in [0.3, 0.4) is 0 Å². The number of esters is 1. The van der Waals surface area contributed by atoms with Crippen molar-refractivity contribution in [3.63, 3.8) is 0 Å². The fourth-order valence-corrected chi connectivity index (χ4v) is 5.11. The SMILES string of the molecule is COC(=O)c1ccc(C2=NNC3(CCC(Cc4ccc(OC(F)(F)F)c(Br)c4)CC3)C2)cc1. The minimum atomic E-state index is -4.71. The molecule has 1 saturated carbocycles. The largest absolute Gasteiger partial charge is 0.573 e. The molecule has 0 saturated heterocycles. The van der Waals surface area contributed by atoms with Crippen LogP contribution in [0, 0.1) is 5.92 Å². The highest BCUT2D eigenvalue weighted by Crippen LogP contribution is 2.40. The summed E-state index contributed by atoms with van der Waals surface area (Å²) in [4.78, 5) is 11.6. The minimum Gasteiger partial charge on any atom is -0.465 e. The third kappa shape index (κ3) is 5.69. The molecule has 0 bridgehead atoms. The molecule has 0 aromatic heterocycles. The monoisotopic (exact) mass is 524 g/mol. The molecule has 0 atom stereocenters. The predicted octanol–water partition coefficient (Wildman–Crippen LogP) is 6.00. The van der Waals surface area contributed by atoms with Crippen LogP contribution in [-0.4, -0.2) is 30.7 Å². The van der Waals surface area contributed by atoms with Crippen LogP contribution in [0.5, 0.6) is 5.75 Å². The third-order valence-corrected chi connectivity index (χ3v) is 7.00. The first-order valence-corrected chi connectivity index (χ1v) is 11.5. The van der Waals surface area contributed by atoms with E-state index >= 15 is 0 Å². The average Bonchev–Trinajstić information content (AvgIpc) is 3.20. The number of hydrogen-bond donors (Lipinski definition) is 1. The Morgan fingerprint density at radius 3 is 2.48 bits per heavy atom. The number of carbonyl (C=O) groups is 1. The van der Waals surface area contributed by atoms with Crippen LogP contribution in [0.25, 0.3) is 0 Å². The Hall–Kier alpha value is -2.55. The van der Waals surface area contributed by atoms with E-state index in [2.05, 4.69) is 31.2 Å². The van der Waals surface area contributed by atoms with Gasteiger partial charge in [-0.05, 0) is 89.3 Å². The zero-order chi connectivity index (χ0) is 23.6. The van der Waals surface area contributed by atoms with Crippen molar-refractivity contribution >= 4 is 27.6 Å². The van der Waals surface area contributed by atoms with Crippen molar-refractivity contribution in [3.8, 4) is 5.75 Å². The van der Waals surface area contributed by atoms with E-state index in [1.165, 1.54) is 13.2 Å². The maximum atomic E-state index is 12.5. The molecule has 1 fully saturated rings. The first-order chi connectivity index (χ1) is 15.7. The van der Waals surface area contributed by atoms with Crippen LogP contribution in [0.4, 0.5) is 13.2 Å². The van der Waals surface area contributed by atoms with Crippen LogP contribution in [0.1, 0.15) is 53.6 Å². The Bertz CT molecular complexity index is 1050. The fourth-order valence-electron chi connectivity index (χ4n) is 4.60. The molecule has 4 rings (SSSR count). The summed E-state index contributed by atoms with van der Waals surface area (Å²) < 4.78 is 46.5. The molecule has 0 radical (unpaired) electrons. The van der Waals surface area contributed by atoms with Crippen molar-refractivity contribution in [2.75, 3.05) is 7.11 Å². The van der Waals surface area contributed by atoms with Gasteiger partial charge in [0.2, 0.25) is 0 Å². The lowest BCUT2D eigenvalue weighted by molar-refractivity contribution is -0.274. The van der Waals surface area contributed by atoms with E-state index in [1.54, 1.807) is 24.3 Å². The Morgan fingerprint density at radius 1 is 1.18 bits per heavy atom. The second-order valence-electron chi connectivity index (χ2n) is 8.66. The molecule has 33 heavy (non-hydrogen) atoms. The highest BCUT2D eigenvalue weighted by atomic mass is 79.9. The molecule has 2 aliphatic rings. The highest BCUT2D eigenvalue weighted by Gasteiger charge is 2.40. The van der Waals surface area contributed by atoms with Gasteiger partial charge in [-0.2, -0.15) is 5.10 Å². The zero-order valence-electron chi connectivity index (χ0n) is 18.0. The van der Waals surface area contributed by atoms with Gasteiger partial charge in [-0.3, -0.25) is 0 Å². The standard InChI is InChI=1S/C24H24BrF3N2O3/c1-32-22(31)18-5-3-17(4-6-18)20-14-23(30-29-20)10-8-15(9-11-23)12-16-2-7-21(19(25)13-16)33-24(26,27)28/h2-7,13,15,30H,8-12,14H2,1H3. The molecule has 0 amide bonds. The Balaban J connectivity index is 1.31. The van der Waals surface area contributed by atoms with Gasteiger partial charge in [0.25, 0.3) is 0 Å². The van der Waals surface area contributed by atoms with Gasteiger partial charge < -0.3 is 14.9 Å². The third-order valence-electron chi connectivity index (χ3n) is 6.38. The first-order valence-electron chi connectivity index (χ1n) is 10.7. The summed E-state index contributed by atoms with van der Waals surface area (Å²) >= 11 is 3.18. The second-order valence-corrected chi connectivity index (χ2v) is 9.51. The van der Waals surface area contributed by atoms with Crippen molar-refractivity contribution in [1.29, 1.82) is 0 Å². The average molecular weight is 525 g/mol. The summed E-state index contributed by atoms with van der Waals surface area (Å²) in [5, 5.41) is 4.58. The molecule has 1 N–H and O–H groups in total. The lowest BCUT2D eigenvalue weighted by Gasteiger charge is -2.37. The Morgan fingerprint density at radius 2 is 1.88 bits per heavy atom. The number of nitrogens with zero attached hydrogens (tertiary/aromatic N) is 1. The van der Waals surface area contributed by atoms with Crippen LogP contribution >= 0.6 is 15.9 Å². The Labute approximate surface area is 198 Å². The number of methoxy groups -OCH3 is 1. The normalized spacial score (nSPS) is 22.6. The molecule has 2 aromatic carbocycles. The molecule has 0 unspecified atom stereocenters. The smallest absolute Gasteiger partial charge is 0.465 e. The van der Waals surface area contributed by atoms with Crippen LogP contribution < -0.4 is 10.2 Å². The summed E-state index contributed by atoms with van der Waals surface area (Å²) in [5.74, 6) is -0.132. The number of carbonyl (C=O) groups excluding carboxylic acids is 1. The predicted molar refractivity (Wildman–Crippen MR) is 121 cm³/mol. The molecule has 5 nitrogen and oxygen atoms in total. The van der Waals surface area contributed by atoms with E-state index in [4.69, 9.17) is 4.74 Å². The fraction of sp³-hybridized carbons (Fsp3) is 0.417. The maximum absolute atomic E-state index is 12.5. The number of benzene rings is 2. The number of alkyl halides is 3. The summed E-state index contributed by atoms with van der Waals surface area (Å²) in [6, 6.07) is 12.0. The molecular formula is C24H24BrF3N2O3. The molecule has 2 aromatic rings. The number of ether oxygens (including phenoxy) is 2. The van der Waals surface area contributed by atoms with Gasteiger partial charge in [-0.1, -0.05) is 18.2 Å². The number of halogens is 4. The summed E-state index contributed by atoms with van der Waals surface area (Å²) in [5.41, 5.74) is 6.76. The van der Waals surface area contributed by atoms with Crippen LogP contribution in [-0.2, 0) is 11.2 Å². The van der Waals surface area contributed by atoms with Gasteiger partial charge in [0.15, 0.2) is 0 Å². The van der Waals surface area contributed by atoms with Crippen molar-refractivity contribution < 1.29 is 27.4 Å². The summed E-state index contributed by atoms with van der Waals surface area (Å²) in [7, 11) is 1.36. The summed E-state index contributed by atoms with van der Waals surface area (Å²) in [6.07, 6.45) is 0.893. The maximum Gasteiger partial charge on any atom is 0.573 e. The van der Waals surface area contributed by atoms with Gasteiger partial charge in [-0.25, -0.2) is 4.79 Å². The van der Waals surface area contributed by atoms with E-state index in [1.807, 2.05) is 12.1 Å². The number of rotatable bonds is 5. The lowest BCUT2D eigenvalue weighted by Crippen LogP contribution is -2.42. The van der Waals surface area contributed by atoms with E-state index in [0.29, 0.717) is 16.0 Å². The number of nitrogens with one attached hydrogen (secondary N) is 1. The Kier molecular flexibility index (Phi) is 6.70. The molecular weight excluding hydrogens is 501 g/mol. The topological polar surface area (TPSA) is 59.9 Å². The number of hydrogen-bond acceptors (Lipinski definition) is 5. The van der Waals surface area contributed by atoms with Crippen molar-refractivity contribution in [1.82, 2.24) is 5.43 Å². The second kappa shape index (κ2) is 9.37. The summed E-state index contributed by atoms with van der Waals surface area (Å²) in [6.45, 7) is 0. The molecule has 1 aliphatic heterocycles. The van der Waals surface area contributed by atoms with Crippen molar-refractivity contribution in [2.24, 2.45) is 11.0 Å². The van der Waals surface area contributed by atoms with Crippen LogP contribution in [0.2, 0.25) is 0 Å². The zero-order valence-corrected chi connectivity index (χ0v) is 19.6. The lowest BCUT2D eigenvalue weighted by atomic mass is 9.73. The van der Waals surface area contributed by atoms with Crippen molar-refractivity contribution in [2.45, 2.75) is 50.4 Å². The van der Waals surface area contributed by atoms with E-state index < -0.39 is 6.36 Å². The molecule has 9 heteroatoms. The highest BCUT2D eigenvalue weighted by molar-refractivity contribution is 9.10. The van der Waals surface area contributed by atoms with Crippen LogP contribution in [0.15, 0.2) is 52.0 Å². The van der Waals surface area contributed by atoms with E-state index in [9.17, 15) is 18.0 Å². The van der Waals surface area contributed by atoms with Crippen molar-refractivity contribution in [3.05, 3.63) is 63.6 Å². The number of hydrazone groups is 1. The minimum absolute atomic E-state index is 0.0577.